The Morgan fingerprint density at radius 1 is 1.22 bits per heavy atom. The molecule has 1 aromatic carbocycles. The highest BCUT2D eigenvalue weighted by Crippen LogP contribution is 2.31. The van der Waals surface area contributed by atoms with Crippen LogP contribution in [0.5, 0.6) is 0 Å². The number of rotatable bonds is 5. The van der Waals surface area contributed by atoms with Crippen LogP contribution >= 0.6 is 0 Å². The van der Waals surface area contributed by atoms with Gasteiger partial charge in [-0.1, -0.05) is 17.3 Å². The topological polar surface area (TPSA) is 99.2 Å². The van der Waals surface area contributed by atoms with Gasteiger partial charge in [0.25, 0.3) is 5.89 Å². The molecule has 3 aromatic heterocycles. The highest BCUT2D eigenvalue weighted by atomic mass is 16.6. The van der Waals surface area contributed by atoms with E-state index in [0.717, 1.165) is 40.7 Å². The molecular weight excluding hydrogens is 456 g/mol. The third kappa shape index (κ3) is 4.75. The van der Waals surface area contributed by atoms with Crippen LogP contribution in [0.3, 0.4) is 0 Å². The second kappa shape index (κ2) is 9.13. The van der Waals surface area contributed by atoms with Crippen LogP contribution in [0.15, 0.2) is 35.1 Å². The molecule has 5 rings (SSSR count). The maximum absolute atomic E-state index is 12.3. The first-order valence-electron chi connectivity index (χ1n) is 12.3. The van der Waals surface area contributed by atoms with Crippen LogP contribution in [-0.2, 0) is 22.5 Å². The second-order valence-electron chi connectivity index (χ2n) is 10.7. The summed E-state index contributed by atoms with van der Waals surface area (Å²) in [6.07, 6.45) is 4.41. The van der Waals surface area contributed by atoms with Crippen molar-refractivity contribution in [3.8, 4) is 22.8 Å². The smallest absolute Gasteiger partial charge is 0.320 e. The van der Waals surface area contributed by atoms with Gasteiger partial charge in [-0.2, -0.15) is 10.1 Å². The fourth-order valence-corrected chi connectivity index (χ4v) is 4.72. The van der Waals surface area contributed by atoms with Crippen LogP contribution in [0.4, 0.5) is 0 Å². The summed E-state index contributed by atoms with van der Waals surface area (Å²) in [6, 6.07) is 6.34. The number of fused-ring (bicyclic) bond motifs is 2. The fraction of sp³-hybridized carbons (Fsp3) is 0.444. The van der Waals surface area contributed by atoms with Gasteiger partial charge in [0.1, 0.15) is 5.60 Å². The van der Waals surface area contributed by atoms with Crippen LogP contribution in [-0.4, -0.2) is 54.5 Å². The number of ether oxygens (including phenoxy) is 1. The third-order valence-electron chi connectivity index (χ3n) is 6.38. The van der Waals surface area contributed by atoms with E-state index in [2.05, 4.69) is 52.0 Å². The number of hydrogen-bond donors (Lipinski definition) is 0. The molecule has 0 saturated carbocycles. The number of aromatic nitrogens is 5. The average Bonchev–Trinajstić information content (AvgIpc) is 3.45. The largest absolute Gasteiger partial charge is 0.459 e. The van der Waals surface area contributed by atoms with Gasteiger partial charge in [0, 0.05) is 36.3 Å². The van der Waals surface area contributed by atoms with Crippen LogP contribution < -0.4 is 0 Å². The van der Waals surface area contributed by atoms with Crippen LogP contribution in [0.2, 0.25) is 0 Å². The van der Waals surface area contributed by atoms with E-state index >= 15 is 0 Å². The maximum atomic E-state index is 12.3. The highest BCUT2D eigenvalue weighted by Gasteiger charge is 2.25. The van der Waals surface area contributed by atoms with Crippen LogP contribution in [0.25, 0.3) is 33.9 Å². The summed E-state index contributed by atoms with van der Waals surface area (Å²) in [5.41, 5.74) is 5.71. The summed E-state index contributed by atoms with van der Waals surface area (Å²) in [6.45, 7) is 13.7. The number of carbonyl (C=O) groups is 1. The lowest BCUT2D eigenvalue weighted by Crippen LogP contribution is -2.38. The van der Waals surface area contributed by atoms with Gasteiger partial charge < -0.3 is 9.26 Å². The Kier molecular flexibility index (Phi) is 6.12. The molecule has 1 aliphatic rings. The molecule has 4 heterocycles. The van der Waals surface area contributed by atoms with E-state index in [0.29, 0.717) is 24.8 Å². The van der Waals surface area contributed by atoms with Gasteiger partial charge in [-0.25, -0.2) is 9.67 Å². The Labute approximate surface area is 210 Å². The maximum Gasteiger partial charge on any atom is 0.320 e. The number of pyridine rings is 1. The molecule has 0 amide bonds. The summed E-state index contributed by atoms with van der Waals surface area (Å²) in [7, 11) is 0. The lowest BCUT2D eigenvalue weighted by Gasteiger charge is -2.30. The molecule has 0 atom stereocenters. The standard InChI is InChI=1S/C27H32N6O3/c1-16(2)33-25-19(13-29-33)11-20(12-28-25)26-30-24(31-36-26)22-8-7-18-14-32(10-9-21(18)17(22)3)15-23(34)35-27(4,5)6/h7-8,11-13,16H,9-10,14-15H2,1-6H3. The zero-order valence-corrected chi connectivity index (χ0v) is 21.7. The van der Waals surface area contributed by atoms with Crippen molar-refractivity contribution in [2.24, 2.45) is 0 Å². The van der Waals surface area contributed by atoms with Gasteiger partial charge in [0.15, 0.2) is 5.65 Å². The van der Waals surface area contributed by atoms with Crippen molar-refractivity contribution in [2.75, 3.05) is 13.1 Å². The van der Waals surface area contributed by atoms with Gasteiger partial charge in [0.2, 0.25) is 5.82 Å². The minimum atomic E-state index is -0.475. The molecule has 1 aliphatic heterocycles. The first-order chi connectivity index (χ1) is 17.1. The number of benzene rings is 1. The van der Waals surface area contributed by atoms with E-state index in [1.165, 1.54) is 11.1 Å². The molecule has 188 valence electrons. The van der Waals surface area contributed by atoms with Crippen LogP contribution in [0, 0.1) is 6.92 Å². The minimum absolute atomic E-state index is 0.192. The third-order valence-corrected chi connectivity index (χ3v) is 6.38. The minimum Gasteiger partial charge on any atom is -0.459 e. The molecule has 36 heavy (non-hydrogen) atoms. The van der Waals surface area contributed by atoms with Crippen molar-refractivity contribution in [1.82, 2.24) is 29.8 Å². The van der Waals surface area contributed by atoms with Crippen molar-refractivity contribution in [1.29, 1.82) is 0 Å². The SMILES string of the molecule is Cc1c(-c2noc(-c3cnc4c(cnn4C(C)C)c3)n2)ccc2c1CCN(CC(=O)OC(C)(C)C)C2. The van der Waals surface area contributed by atoms with E-state index in [1.807, 2.05) is 43.8 Å². The van der Waals surface area contributed by atoms with E-state index in [4.69, 9.17) is 9.26 Å². The monoisotopic (exact) mass is 488 g/mol. The van der Waals surface area contributed by atoms with E-state index in [9.17, 15) is 4.79 Å². The van der Waals surface area contributed by atoms with Crippen molar-refractivity contribution in [2.45, 2.75) is 66.2 Å². The van der Waals surface area contributed by atoms with Crippen molar-refractivity contribution in [3.05, 3.63) is 47.3 Å². The quantitative estimate of drug-likeness (QED) is 0.372. The molecule has 0 bridgehead atoms. The Morgan fingerprint density at radius 2 is 2.03 bits per heavy atom. The van der Waals surface area contributed by atoms with Gasteiger partial charge in [0.05, 0.1) is 18.3 Å². The summed E-state index contributed by atoms with van der Waals surface area (Å²) >= 11 is 0. The van der Waals surface area contributed by atoms with Gasteiger partial charge >= 0.3 is 5.97 Å². The van der Waals surface area contributed by atoms with Gasteiger partial charge in [-0.15, -0.1) is 0 Å². The molecule has 0 saturated heterocycles. The molecule has 9 heteroatoms. The normalized spacial score (nSPS) is 14.4. The lowest BCUT2D eigenvalue weighted by atomic mass is 9.91. The number of nitrogens with zero attached hydrogens (tertiary/aromatic N) is 6. The van der Waals surface area contributed by atoms with E-state index < -0.39 is 5.60 Å². The molecule has 0 fully saturated rings. The Hall–Kier alpha value is -3.59. The van der Waals surface area contributed by atoms with Crippen LogP contribution in [0.1, 0.15) is 57.4 Å². The Morgan fingerprint density at radius 3 is 2.78 bits per heavy atom. The second-order valence-corrected chi connectivity index (χ2v) is 10.7. The first kappa shape index (κ1) is 24.1. The van der Waals surface area contributed by atoms with E-state index in [-0.39, 0.29) is 12.0 Å². The van der Waals surface area contributed by atoms with E-state index in [1.54, 1.807) is 6.20 Å². The average molecular weight is 489 g/mol. The first-order valence-corrected chi connectivity index (χ1v) is 12.3. The zero-order valence-electron chi connectivity index (χ0n) is 21.7. The Bertz CT molecular complexity index is 1430. The summed E-state index contributed by atoms with van der Waals surface area (Å²) < 4.78 is 13.0. The zero-order chi connectivity index (χ0) is 25.6. The molecular formula is C27H32N6O3. The molecule has 0 aliphatic carbocycles. The predicted molar refractivity (Wildman–Crippen MR) is 136 cm³/mol. The Balaban J connectivity index is 1.35. The number of carbonyl (C=O) groups excluding carboxylic acids is 1. The van der Waals surface area contributed by atoms with Gasteiger partial charge in [-0.3, -0.25) is 9.69 Å². The fourth-order valence-electron chi connectivity index (χ4n) is 4.72. The molecule has 0 spiro atoms. The van der Waals surface area contributed by atoms with Crippen molar-refractivity contribution in [3.63, 3.8) is 0 Å². The number of esters is 1. The lowest BCUT2D eigenvalue weighted by molar-refractivity contribution is -0.156. The highest BCUT2D eigenvalue weighted by molar-refractivity contribution is 5.79. The molecule has 0 radical (unpaired) electrons. The summed E-state index contributed by atoms with van der Waals surface area (Å²) in [4.78, 5) is 23.7. The van der Waals surface area contributed by atoms with Crippen molar-refractivity contribution < 1.29 is 14.1 Å². The van der Waals surface area contributed by atoms with Crippen molar-refractivity contribution >= 4 is 17.0 Å². The van der Waals surface area contributed by atoms with Gasteiger partial charge in [-0.05, 0) is 70.7 Å². The molecule has 0 N–H and O–H groups in total. The predicted octanol–water partition coefficient (Wildman–Crippen LogP) is 4.74. The molecule has 4 aromatic rings. The summed E-state index contributed by atoms with van der Waals surface area (Å²) in [5.74, 6) is 0.791. The molecule has 0 unspecified atom stereocenters. The molecule has 9 nitrogen and oxygen atoms in total. The summed E-state index contributed by atoms with van der Waals surface area (Å²) in [5, 5.41) is 9.63. The number of hydrogen-bond acceptors (Lipinski definition) is 8.